The summed E-state index contributed by atoms with van der Waals surface area (Å²) in [5.74, 6) is 1.36. The van der Waals surface area contributed by atoms with E-state index in [1.54, 1.807) is 7.11 Å². The molecule has 1 aliphatic rings. The number of hydrogen-bond donors (Lipinski definition) is 1. The highest BCUT2D eigenvalue weighted by molar-refractivity contribution is 9.10. The van der Waals surface area contributed by atoms with Crippen LogP contribution in [0.3, 0.4) is 0 Å². The van der Waals surface area contributed by atoms with Gasteiger partial charge in [0, 0.05) is 43.8 Å². The van der Waals surface area contributed by atoms with Crippen molar-refractivity contribution in [2.75, 3.05) is 20.3 Å². The maximum absolute atomic E-state index is 12.4. The Morgan fingerprint density at radius 2 is 2.18 bits per heavy atom. The minimum Gasteiger partial charge on any atom is -0.383 e. The summed E-state index contributed by atoms with van der Waals surface area (Å²) in [6, 6.07) is 8.16. The standard InChI is InChI=1S/C25H27BrN6O2/c1-15-10-19(13-17-4-3-7-27-22(15)17)32-24-20(23(26)31-32)14-29-21(30-24)12-16-5-6-18(11-16)25(33)28-8-9-34-2/h3-4,7,10,13-14,16,18H,5-6,8-9,11-12H2,1-2H3,(H,28,33)/t16-,18-/m1/s1. The van der Waals surface area contributed by atoms with Gasteiger partial charge < -0.3 is 10.1 Å². The van der Waals surface area contributed by atoms with Gasteiger partial charge in [-0.15, -0.1) is 0 Å². The number of fused-ring (bicyclic) bond motifs is 2. The average molecular weight is 523 g/mol. The normalized spacial score (nSPS) is 18.1. The van der Waals surface area contributed by atoms with Crippen molar-refractivity contribution in [3.8, 4) is 5.69 Å². The van der Waals surface area contributed by atoms with Gasteiger partial charge in [-0.1, -0.05) is 6.07 Å². The molecule has 0 unspecified atom stereocenters. The summed E-state index contributed by atoms with van der Waals surface area (Å²) < 4.78 is 7.60. The average Bonchev–Trinajstić information content (AvgIpc) is 3.43. The molecule has 1 saturated carbocycles. The molecule has 4 aromatic rings. The fourth-order valence-corrected chi connectivity index (χ4v) is 5.28. The molecule has 3 aromatic heterocycles. The smallest absolute Gasteiger partial charge is 0.223 e. The van der Waals surface area contributed by atoms with E-state index in [-0.39, 0.29) is 11.8 Å². The second kappa shape index (κ2) is 9.76. The molecule has 2 atom stereocenters. The van der Waals surface area contributed by atoms with E-state index in [1.165, 1.54) is 0 Å². The Balaban J connectivity index is 1.38. The Morgan fingerprint density at radius 1 is 1.29 bits per heavy atom. The SMILES string of the molecule is COCCNC(=O)[C@@H]1CC[C@@H](Cc2ncc3c(Br)nn(-c4cc(C)c5ncccc5c4)c3n2)C1. The molecule has 1 aliphatic carbocycles. The summed E-state index contributed by atoms with van der Waals surface area (Å²) in [6.07, 6.45) is 7.17. The lowest BCUT2D eigenvalue weighted by atomic mass is 10.0. The van der Waals surface area contributed by atoms with Gasteiger partial charge in [-0.25, -0.2) is 14.6 Å². The van der Waals surface area contributed by atoms with Crippen molar-refractivity contribution in [2.24, 2.45) is 11.8 Å². The number of ether oxygens (including phenoxy) is 1. The van der Waals surface area contributed by atoms with Crippen LogP contribution < -0.4 is 5.32 Å². The molecule has 3 heterocycles. The van der Waals surface area contributed by atoms with E-state index in [4.69, 9.17) is 14.8 Å². The van der Waals surface area contributed by atoms with Gasteiger partial charge in [0.05, 0.1) is 23.2 Å². The molecule has 0 spiro atoms. The zero-order valence-corrected chi connectivity index (χ0v) is 20.9. The minimum absolute atomic E-state index is 0.0550. The van der Waals surface area contributed by atoms with E-state index in [9.17, 15) is 4.79 Å². The number of benzene rings is 1. The molecule has 34 heavy (non-hydrogen) atoms. The summed E-state index contributed by atoms with van der Waals surface area (Å²) in [6.45, 7) is 3.15. The van der Waals surface area contributed by atoms with Crippen molar-refractivity contribution in [3.63, 3.8) is 0 Å². The Bertz CT molecular complexity index is 1350. The topological polar surface area (TPSA) is 94.8 Å². The number of halogens is 1. The Kier molecular flexibility index (Phi) is 6.56. The summed E-state index contributed by atoms with van der Waals surface area (Å²) >= 11 is 3.57. The molecule has 1 amide bonds. The first kappa shape index (κ1) is 22.9. The van der Waals surface area contributed by atoms with Gasteiger partial charge >= 0.3 is 0 Å². The van der Waals surface area contributed by atoms with Crippen molar-refractivity contribution in [3.05, 3.63) is 52.7 Å². The van der Waals surface area contributed by atoms with Crippen LogP contribution in [0.5, 0.6) is 0 Å². The van der Waals surface area contributed by atoms with Gasteiger partial charge in [-0.2, -0.15) is 5.10 Å². The third kappa shape index (κ3) is 4.54. The fraction of sp³-hybridized carbons (Fsp3) is 0.400. The van der Waals surface area contributed by atoms with Crippen LogP contribution in [-0.4, -0.2) is 50.9 Å². The van der Waals surface area contributed by atoms with Crippen molar-refractivity contribution < 1.29 is 9.53 Å². The number of aryl methyl sites for hydroxylation is 1. The zero-order valence-electron chi connectivity index (χ0n) is 19.3. The molecule has 0 radical (unpaired) electrons. The molecule has 9 heteroatoms. The predicted molar refractivity (Wildman–Crippen MR) is 134 cm³/mol. The van der Waals surface area contributed by atoms with Crippen molar-refractivity contribution in [2.45, 2.75) is 32.6 Å². The first-order valence-electron chi connectivity index (χ1n) is 11.6. The zero-order chi connectivity index (χ0) is 23.7. The van der Waals surface area contributed by atoms with Gasteiger partial charge in [0.15, 0.2) is 5.65 Å². The lowest BCUT2D eigenvalue weighted by molar-refractivity contribution is -0.125. The largest absolute Gasteiger partial charge is 0.383 e. The molecule has 5 rings (SSSR count). The second-order valence-corrected chi connectivity index (χ2v) is 9.68. The molecule has 0 bridgehead atoms. The van der Waals surface area contributed by atoms with Crippen molar-refractivity contribution in [1.82, 2.24) is 30.0 Å². The summed E-state index contributed by atoms with van der Waals surface area (Å²) in [4.78, 5) is 26.4. The molecule has 0 aliphatic heterocycles. The van der Waals surface area contributed by atoms with Crippen LogP contribution >= 0.6 is 15.9 Å². The van der Waals surface area contributed by atoms with Gasteiger partial charge in [-0.3, -0.25) is 9.78 Å². The number of hydrogen-bond acceptors (Lipinski definition) is 6. The predicted octanol–water partition coefficient (Wildman–Crippen LogP) is 4.16. The van der Waals surface area contributed by atoms with E-state index < -0.39 is 0 Å². The molecular formula is C25H27BrN6O2. The third-order valence-electron chi connectivity index (χ3n) is 6.54. The van der Waals surface area contributed by atoms with Crippen molar-refractivity contribution >= 4 is 43.8 Å². The van der Waals surface area contributed by atoms with Gasteiger partial charge in [0.2, 0.25) is 5.91 Å². The van der Waals surface area contributed by atoms with Gasteiger partial charge in [-0.05, 0) is 71.8 Å². The molecule has 8 nitrogen and oxygen atoms in total. The van der Waals surface area contributed by atoms with E-state index in [0.717, 1.165) is 64.7 Å². The Labute approximate surface area is 206 Å². The Morgan fingerprint density at radius 3 is 3.03 bits per heavy atom. The minimum atomic E-state index is 0.0550. The molecular weight excluding hydrogens is 496 g/mol. The van der Waals surface area contributed by atoms with E-state index in [0.29, 0.717) is 23.7 Å². The second-order valence-electron chi connectivity index (χ2n) is 8.93. The van der Waals surface area contributed by atoms with Crippen molar-refractivity contribution in [1.29, 1.82) is 0 Å². The maximum Gasteiger partial charge on any atom is 0.223 e. The summed E-state index contributed by atoms with van der Waals surface area (Å²) in [5, 5.41) is 9.59. The number of nitrogens with one attached hydrogen (secondary N) is 1. The number of rotatable bonds is 7. The lowest BCUT2D eigenvalue weighted by Crippen LogP contribution is -2.32. The molecule has 1 fully saturated rings. The summed E-state index contributed by atoms with van der Waals surface area (Å²) in [5.41, 5.74) is 3.78. The van der Waals surface area contributed by atoms with Crippen LogP contribution in [0.1, 0.15) is 30.7 Å². The molecule has 0 saturated heterocycles. The highest BCUT2D eigenvalue weighted by Gasteiger charge is 2.30. The number of carbonyl (C=O) groups is 1. The van der Waals surface area contributed by atoms with Crippen LogP contribution in [-0.2, 0) is 16.0 Å². The quantitative estimate of drug-likeness (QED) is 0.366. The first-order valence-corrected chi connectivity index (χ1v) is 12.4. The van der Waals surface area contributed by atoms with Gasteiger partial charge in [0.1, 0.15) is 10.4 Å². The number of aromatic nitrogens is 5. The van der Waals surface area contributed by atoms with Crippen LogP contribution in [0.25, 0.3) is 27.6 Å². The highest BCUT2D eigenvalue weighted by atomic mass is 79.9. The number of carbonyl (C=O) groups excluding carboxylic acids is 1. The molecule has 176 valence electrons. The number of amides is 1. The number of nitrogens with zero attached hydrogens (tertiary/aromatic N) is 5. The fourth-order valence-electron chi connectivity index (χ4n) is 4.84. The highest BCUT2D eigenvalue weighted by Crippen LogP contribution is 2.33. The Hall–Kier alpha value is -2.91. The monoisotopic (exact) mass is 522 g/mol. The first-order chi connectivity index (χ1) is 16.5. The lowest BCUT2D eigenvalue weighted by Gasteiger charge is -2.12. The van der Waals surface area contributed by atoms with E-state index in [2.05, 4.69) is 56.3 Å². The maximum atomic E-state index is 12.4. The van der Waals surface area contributed by atoms with Crippen LogP contribution in [0.4, 0.5) is 0 Å². The molecule has 1 aromatic carbocycles. The number of pyridine rings is 1. The van der Waals surface area contributed by atoms with Crippen LogP contribution in [0.2, 0.25) is 0 Å². The van der Waals surface area contributed by atoms with Crippen LogP contribution in [0.15, 0.2) is 41.3 Å². The number of methoxy groups -OCH3 is 1. The molecule has 1 N–H and O–H groups in total. The van der Waals surface area contributed by atoms with Crippen LogP contribution in [0, 0.1) is 18.8 Å². The summed E-state index contributed by atoms with van der Waals surface area (Å²) in [7, 11) is 1.64. The van der Waals surface area contributed by atoms with E-state index >= 15 is 0 Å². The van der Waals surface area contributed by atoms with Gasteiger partial charge in [0.25, 0.3) is 0 Å². The third-order valence-corrected chi connectivity index (χ3v) is 7.13. The van der Waals surface area contributed by atoms with E-state index in [1.807, 2.05) is 23.1 Å².